The van der Waals surface area contributed by atoms with Crippen LogP contribution in [0.2, 0.25) is 5.02 Å². The molecule has 2 amide bonds. The number of ether oxygens (including phenoxy) is 1. The lowest BCUT2D eigenvalue weighted by atomic mass is 10.1. The molecule has 0 heterocycles. The number of para-hydroxylation sites is 1. The summed E-state index contributed by atoms with van der Waals surface area (Å²) in [5.74, 6) is -0.937. The smallest absolute Gasteiger partial charge is 0.263 e. The zero-order valence-corrected chi connectivity index (χ0v) is 21.8. The lowest BCUT2D eigenvalue weighted by molar-refractivity contribution is 0.0949. The third-order valence-corrected chi connectivity index (χ3v) is 7.19. The molecule has 10 heteroatoms. The average molecular weight is 530 g/mol. The lowest BCUT2D eigenvalue weighted by Crippen LogP contribution is -2.26. The van der Waals surface area contributed by atoms with Gasteiger partial charge in [-0.15, -0.1) is 0 Å². The van der Waals surface area contributed by atoms with Gasteiger partial charge in [-0.05, 0) is 62.2 Å². The fourth-order valence-electron chi connectivity index (χ4n) is 3.48. The van der Waals surface area contributed by atoms with Crippen molar-refractivity contribution in [1.82, 2.24) is 5.32 Å². The van der Waals surface area contributed by atoms with Gasteiger partial charge in [0.2, 0.25) is 0 Å². The first kappa shape index (κ1) is 27.2. The van der Waals surface area contributed by atoms with E-state index in [1.165, 1.54) is 18.2 Å². The number of rotatable bonds is 10. The molecule has 0 fully saturated rings. The summed E-state index contributed by atoms with van der Waals surface area (Å²) in [5.41, 5.74) is 2.80. The Morgan fingerprint density at radius 1 is 0.944 bits per heavy atom. The highest BCUT2D eigenvalue weighted by molar-refractivity contribution is 7.92. The van der Waals surface area contributed by atoms with Gasteiger partial charge in [-0.1, -0.05) is 41.4 Å². The number of methoxy groups -OCH3 is 1. The van der Waals surface area contributed by atoms with Crippen molar-refractivity contribution in [3.8, 4) is 0 Å². The van der Waals surface area contributed by atoms with E-state index >= 15 is 0 Å². The number of carbonyl (C=O) groups excluding carboxylic acids is 2. The summed E-state index contributed by atoms with van der Waals surface area (Å²) in [6.45, 7) is 4.63. The molecule has 0 aliphatic heterocycles. The number of hydrogen-bond donors (Lipinski definition) is 3. The molecule has 190 valence electrons. The largest absolute Gasteiger partial charge is 0.385 e. The Hall–Kier alpha value is -3.40. The number of nitrogens with one attached hydrogen (secondary N) is 3. The molecule has 0 unspecified atom stereocenters. The first-order valence-corrected chi connectivity index (χ1v) is 13.1. The molecule has 0 radical (unpaired) electrons. The maximum absolute atomic E-state index is 13.1. The van der Waals surface area contributed by atoms with E-state index in [9.17, 15) is 18.0 Å². The van der Waals surface area contributed by atoms with Crippen LogP contribution in [-0.4, -0.2) is 40.5 Å². The fraction of sp³-hybridized carbons (Fsp3) is 0.231. The highest BCUT2D eigenvalue weighted by atomic mass is 35.5. The molecule has 0 bridgehead atoms. The number of hydrogen-bond acceptors (Lipinski definition) is 5. The van der Waals surface area contributed by atoms with E-state index in [1.807, 2.05) is 13.0 Å². The molecule has 0 aliphatic carbocycles. The van der Waals surface area contributed by atoms with Crippen LogP contribution in [0, 0.1) is 13.8 Å². The van der Waals surface area contributed by atoms with Crippen molar-refractivity contribution in [2.45, 2.75) is 25.2 Å². The Kier molecular flexibility index (Phi) is 9.08. The highest BCUT2D eigenvalue weighted by Crippen LogP contribution is 2.27. The molecular weight excluding hydrogens is 502 g/mol. The van der Waals surface area contributed by atoms with Crippen molar-refractivity contribution < 1.29 is 22.7 Å². The Bertz CT molecular complexity index is 1380. The van der Waals surface area contributed by atoms with Crippen LogP contribution in [-0.2, 0) is 14.8 Å². The van der Waals surface area contributed by atoms with Crippen molar-refractivity contribution in [3.05, 3.63) is 87.9 Å². The van der Waals surface area contributed by atoms with E-state index in [2.05, 4.69) is 15.4 Å². The summed E-state index contributed by atoms with van der Waals surface area (Å²) < 4.78 is 33.7. The van der Waals surface area contributed by atoms with Crippen LogP contribution in [0.3, 0.4) is 0 Å². The minimum atomic E-state index is -4.08. The Balaban J connectivity index is 1.82. The van der Waals surface area contributed by atoms with Gasteiger partial charge in [0.05, 0.1) is 22.0 Å². The molecule has 0 aromatic heterocycles. The molecule has 3 rings (SSSR count). The fourth-order valence-corrected chi connectivity index (χ4v) is 5.13. The molecule has 8 nitrogen and oxygen atoms in total. The van der Waals surface area contributed by atoms with Crippen LogP contribution < -0.4 is 15.4 Å². The van der Waals surface area contributed by atoms with Gasteiger partial charge in [0, 0.05) is 25.8 Å². The van der Waals surface area contributed by atoms with E-state index in [4.69, 9.17) is 16.3 Å². The molecule has 0 aliphatic rings. The number of halogens is 1. The average Bonchev–Trinajstić information content (AvgIpc) is 2.84. The monoisotopic (exact) mass is 529 g/mol. The minimum absolute atomic E-state index is 0.0281. The van der Waals surface area contributed by atoms with Crippen LogP contribution in [0.5, 0.6) is 0 Å². The van der Waals surface area contributed by atoms with Crippen LogP contribution in [0.25, 0.3) is 0 Å². The van der Waals surface area contributed by atoms with Gasteiger partial charge in [0.25, 0.3) is 21.8 Å². The van der Waals surface area contributed by atoms with Crippen molar-refractivity contribution in [1.29, 1.82) is 0 Å². The zero-order valence-electron chi connectivity index (χ0n) is 20.2. The Morgan fingerprint density at radius 2 is 1.69 bits per heavy atom. The maximum Gasteiger partial charge on any atom is 0.263 e. The van der Waals surface area contributed by atoms with E-state index < -0.39 is 15.9 Å². The summed E-state index contributed by atoms with van der Waals surface area (Å²) in [6.07, 6.45) is 0.648. The van der Waals surface area contributed by atoms with Crippen LogP contribution in [0.15, 0.2) is 65.6 Å². The van der Waals surface area contributed by atoms with Gasteiger partial charge in [0.1, 0.15) is 4.90 Å². The second kappa shape index (κ2) is 12.0. The molecule has 0 spiro atoms. The summed E-state index contributed by atoms with van der Waals surface area (Å²) in [5, 5.41) is 5.44. The molecule has 3 N–H and O–H groups in total. The van der Waals surface area contributed by atoms with Crippen LogP contribution in [0.1, 0.15) is 38.3 Å². The van der Waals surface area contributed by atoms with Gasteiger partial charge >= 0.3 is 0 Å². The number of aryl methyl sites for hydroxylation is 2. The number of sulfonamides is 1. The summed E-state index contributed by atoms with van der Waals surface area (Å²) >= 11 is 6.20. The van der Waals surface area contributed by atoms with Gasteiger partial charge in [-0.2, -0.15) is 0 Å². The van der Waals surface area contributed by atoms with Gasteiger partial charge < -0.3 is 15.4 Å². The third kappa shape index (κ3) is 6.84. The maximum atomic E-state index is 13.1. The minimum Gasteiger partial charge on any atom is -0.385 e. The standard InChI is InChI=1S/C26H28ClN3O5S/c1-17-9-12-22(18(2)15-17)30-36(33,34)24-16-19(10-11-21(24)27)25(31)29-23-8-5-4-7-20(23)26(32)28-13-6-14-35-3/h4-5,7-12,15-16,30H,6,13-14H2,1-3H3,(H,28,32)(H,29,31). The second-order valence-electron chi connectivity index (χ2n) is 8.17. The Morgan fingerprint density at radius 3 is 2.42 bits per heavy atom. The van der Waals surface area contributed by atoms with Crippen molar-refractivity contribution in [2.24, 2.45) is 0 Å². The SMILES string of the molecule is COCCCNC(=O)c1ccccc1NC(=O)c1ccc(Cl)c(S(=O)(=O)Nc2ccc(C)cc2C)c1. The quantitative estimate of drug-likeness (QED) is 0.327. The van der Waals surface area contributed by atoms with Crippen molar-refractivity contribution in [3.63, 3.8) is 0 Å². The topological polar surface area (TPSA) is 114 Å². The number of anilines is 2. The first-order valence-electron chi connectivity index (χ1n) is 11.2. The van der Waals surface area contributed by atoms with Crippen molar-refractivity contribution >= 4 is 44.8 Å². The number of amides is 2. The Labute approximate surface area is 216 Å². The summed E-state index contributed by atoms with van der Waals surface area (Å²) in [4.78, 5) is 25.4. The zero-order chi connectivity index (χ0) is 26.3. The van der Waals surface area contributed by atoms with E-state index in [0.29, 0.717) is 30.9 Å². The van der Waals surface area contributed by atoms with Crippen LogP contribution >= 0.6 is 11.6 Å². The summed E-state index contributed by atoms with van der Waals surface area (Å²) in [7, 11) is -2.50. The summed E-state index contributed by atoms with van der Waals surface area (Å²) in [6, 6.07) is 15.8. The molecule has 0 saturated carbocycles. The lowest BCUT2D eigenvalue weighted by Gasteiger charge is -2.14. The number of carbonyl (C=O) groups is 2. The first-order chi connectivity index (χ1) is 17.1. The third-order valence-electron chi connectivity index (χ3n) is 5.34. The van der Waals surface area contributed by atoms with E-state index in [-0.39, 0.29) is 27.0 Å². The normalized spacial score (nSPS) is 11.1. The number of benzene rings is 3. The van der Waals surface area contributed by atoms with Gasteiger partial charge in [-0.25, -0.2) is 8.42 Å². The van der Waals surface area contributed by atoms with Gasteiger partial charge in [-0.3, -0.25) is 14.3 Å². The van der Waals surface area contributed by atoms with E-state index in [0.717, 1.165) is 11.1 Å². The van der Waals surface area contributed by atoms with Gasteiger partial charge in [0.15, 0.2) is 0 Å². The molecule has 0 saturated heterocycles. The van der Waals surface area contributed by atoms with E-state index in [1.54, 1.807) is 50.4 Å². The predicted molar refractivity (Wildman–Crippen MR) is 141 cm³/mol. The van der Waals surface area contributed by atoms with Crippen molar-refractivity contribution in [2.75, 3.05) is 30.3 Å². The molecule has 36 heavy (non-hydrogen) atoms. The molecule has 0 atom stereocenters. The second-order valence-corrected chi connectivity index (χ2v) is 10.2. The molecule has 3 aromatic carbocycles. The van der Waals surface area contributed by atoms with Crippen LogP contribution in [0.4, 0.5) is 11.4 Å². The molecular formula is C26H28ClN3O5S. The predicted octanol–water partition coefficient (Wildman–Crippen LogP) is 4.78. The molecule has 3 aromatic rings. The highest BCUT2D eigenvalue weighted by Gasteiger charge is 2.22.